The summed E-state index contributed by atoms with van der Waals surface area (Å²) < 4.78 is 1.57. The molecular formula is C25H20N3O4+. The molecule has 1 aliphatic heterocycles. The Bertz CT molecular complexity index is 1300. The van der Waals surface area contributed by atoms with Crippen molar-refractivity contribution < 1.29 is 24.7 Å². The summed E-state index contributed by atoms with van der Waals surface area (Å²) >= 11 is 0. The van der Waals surface area contributed by atoms with Gasteiger partial charge in [-0.15, -0.1) is 0 Å². The minimum atomic E-state index is -0.493. The molecule has 1 unspecified atom stereocenters. The van der Waals surface area contributed by atoms with Gasteiger partial charge in [-0.3, -0.25) is 5.32 Å². The molecule has 0 radical (unpaired) electrons. The van der Waals surface area contributed by atoms with Crippen LogP contribution in [0.3, 0.4) is 0 Å². The van der Waals surface area contributed by atoms with Gasteiger partial charge in [0.25, 0.3) is 0 Å². The standard InChI is InChI=1S/C25H19N3O4/c29-18-7-1-15(2-8-18)13-21-25(32)28-14-22(16-3-9-19(30)10-4-16)26-23(24(28)27-21)17-5-11-20(31)12-6-17/h1-12,14,21H,13H2,(H3,26,29,30,31)/p+1. The first-order valence-electron chi connectivity index (χ1n) is 10.1. The average Bonchev–Trinajstić information content (AvgIpc) is 3.11. The average molecular weight is 426 g/mol. The first-order valence-corrected chi connectivity index (χ1v) is 10.1. The highest BCUT2D eigenvalue weighted by molar-refractivity contribution is 5.87. The Morgan fingerprint density at radius 2 is 1.31 bits per heavy atom. The fourth-order valence-corrected chi connectivity index (χ4v) is 3.81. The predicted molar refractivity (Wildman–Crippen MR) is 118 cm³/mol. The van der Waals surface area contributed by atoms with Gasteiger partial charge in [0.1, 0.15) is 29.1 Å². The van der Waals surface area contributed by atoms with Crippen LogP contribution in [0.4, 0.5) is 5.82 Å². The predicted octanol–water partition coefficient (Wildman–Crippen LogP) is 3.50. The largest absolute Gasteiger partial charge is 0.508 e. The molecule has 0 saturated carbocycles. The highest BCUT2D eigenvalue weighted by Crippen LogP contribution is 2.31. The maximum Gasteiger partial charge on any atom is 0.359 e. The molecule has 1 aromatic heterocycles. The van der Waals surface area contributed by atoms with Gasteiger partial charge in [0.2, 0.25) is 0 Å². The van der Waals surface area contributed by atoms with E-state index >= 15 is 0 Å². The third kappa shape index (κ3) is 3.60. The Kier molecular flexibility index (Phi) is 4.71. The number of aromatic hydroxyl groups is 3. The highest BCUT2D eigenvalue weighted by atomic mass is 16.3. The lowest BCUT2D eigenvalue weighted by atomic mass is 10.1. The molecule has 1 atom stereocenters. The van der Waals surface area contributed by atoms with E-state index in [1.54, 1.807) is 83.6 Å². The van der Waals surface area contributed by atoms with E-state index in [1.807, 2.05) is 0 Å². The van der Waals surface area contributed by atoms with E-state index in [0.717, 1.165) is 16.7 Å². The number of nitrogens with zero attached hydrogens (tertiary/aromatic N) is 2. The van der Waals surface area contributed by atoms with Gasteiger partial charge in [-0.2, -0.15) is 4.57 Å². The van der Waals surface area contributed by atoms with Gasteiger partial charge in [0.15, 0.2) is 11.7 Å². The fourth-order valence-electron chi connectivity index (χ4n) is 3.81. The Hall–Kier alpha value is -4.39. The van der Waals surface area contributed by atoms with Crippen LogP contribution < -0.4 is 9.88 Å². The van der Waals surface area contributed by atoms with Crippen LogP contribution in [0.5, 0.6) is 17.2 Å². The van der Waals surface area contributed by atoms with Crippen molar-refractivity contribution in [1.29, 1.82) is 0 Å². The van der Waals surface area contributed by atoms with Crippen molar-refractivity contribution in [3.05, 3.63) is 84.6 Å². The van der Waals surface area contributed by atoms with Crippen LogP contribution in [-0.2, 0) is 6.42 Å². The zero-order chi connectivity index (χ0) is 22.2. The molecule has 4 N–H and O–H groups in total. The van der Waals surface area contributed by atoms with Crippen LogP contribution in [0.15, 0.2) is 79.0 Å². The van der Waals surface area contributed by atoms with Gasteiger partial charge in [0.05, 0.1) is 0 Å². The fraction of sp³-hybridized carbons (Fsp3) is 0.0800. The third-order valence-electron chi connectivity index (χ3n) is 5.48. The molecule has 32 heavy (non-hydrogen) atoms. The Morgan fingerprint density at radius 1 is 0.781 bits per heavy atom. The van der Waals surface area contributed by atoms with Crippen molar-refractivity contribution in [2.24, 2.45) is 0 Å². The molecule has 0 amide bonds. The molecule has 2 heterocycles. The summed E-state index contributed by atoms with van der Waals surface area (Å²) in [5.41, 5.74) is 3.58. The highest BCUT2D eigenvalue weighted by Gasteiger charge is 2.41. The number of aromatic nitrogens is 2. The van der Waals surface area contributed by atoms with E-state index in [9.17, 15) is 20.1 Å². The lowest BCUT2D eigenvalue weighted by Crippen LogP contribution is -2.43. The molecule has 0 bridgehead atoms. The van der Waals surface area contributed by atoms with E-state index in [2.05, 4.69) is 5.32 Å². The smallest absolute Gasteiger partial charge is 0.359 e. The zero-order valence-corrected chi connectivity index (χ0v) is 16.9. The molecule has 1 aliphatic rings. The van der Waals surface area contributed by atoms with Gasteiger partial charge >= 0.3 is 11.7 Å². The van der Waals surface area contributed by atoms with Crippen molar-refractivity contribution in [2.45, 2.75) is 12.5 Å². The maximum absolute atomic E-state index is 13.3. The maximum atomic E-state index is 13.3. The van der Waals surface area contributed by atoms with Crippen molar-refractivity contribution in [1.82, 2.24) is 4.98 Å². The van der Waals surface area contributed by atoms with E-state index < -0.39 is 6.04 Å². The molecular weight excluding hydrogens is 406 g/mol. The third-order valence-corrected chi connectivity index (χ3v) is 5.48. The Morgan fingerprint density at radius 3 is 1.91 bits per heavy atom. The second kappa shape index (κ2) is 7.70. The van der Waals surface area contributed by atoms with Gasteiger partial charge < -0.3 is 15.3 Å². The molecule has 4 aromatic rings. The number of fused-ring (bicyclic) bond motifs is 1. The van der Waals surface area contributed by atoms with Gasteiger partial charge in [-0.05, 0) is 66.2 Å². The molecule has 0 fully saturated rings. The molecule has 0 spiro atoms. The summed E-state index contributed by atoms with van der Waals surface area (Å²) in [4.78, 5) is 18.1. The second-order valence-corrected chi connectivity index (χ2v) is 7.69. The molecule has 3 aromatic carbocycles. The summed E-state index contributed by atoms with van der Waals surface area (Å²) in [5.74, 6) is 0.923. The molecule has 158 valence electrons. The number of carbonyl (C=O) groups excluding carboxylic acids is 1. The van der Waals surface area contributed by atoms with Crippen molar-refractivity contribution >= 4 is 11.7 Å². The topological polar surface area (TPSA) is 107 Å². The number of hydrogen-bond acceptors (Lipinski definition) is 6. The number of phenols is 3. The first kappa shape index (κ1) is 19.6. The number of benzene rings is 3. The monoisotopic (exact) mass is 426 g/mol. The molecule has 0 aliphatic carbocycles. The van der Waals surface area contributed by atoms with Gasteiger partial charge in [0, 0.05) is 17.5 Å². The van der Waals surface area contributed by atoms with E-state index in [4.69, 9.17) is 4.98 Å². The summed E-state index contributed by atoms with van der Waals surface area (Å²) in [5, 5.41) is 32.1. The quantitative estimate of drug-likeness (QED) is 0.372. The zero-order valence-electron chi connectivity index (χ0n) is 16.9. The molecule has 7 nitrogen and oxygen atoms in total. The number of rotatable bonds is 4. The lowest BCUT2D eigenvalue weighted by Gasteiger charge is -2.07. The summed E-state index contributed by atoms with van der Waals surface area (Å²) in [7, 11) is 0. The van der Waals surface area contributed by atoms with Crippen molar-refractivity contribution in [2.75, 3.05) is 5.32 Å². The Labute approximate surface area is 183 Å². The lowest BCUT2D eigenvalue weighted by molar-refractivity contribution is -0.551. The molecule has 5 rings (SSSR count). The van der Waals surface area contributed by atoms with Crippen LogP contribution in [0, 0.1) is 0 Å². The number of phenolic OH excluding ortho intramolecular Hbond substituents is 3. The second-order valence-electron chi connectivity index (χ2n) is 7.69. The Balaban J connectivity index is 1.59. The molecule has 7 heteroatoms. The van der Waals surface area contributed by atoms with Crippen molar-refractivity contribution in [3.63, 3.8) is 0 Å². The van der Waals surface area contributed by atoms with Gasteiger partial charge in [-0.1, -0.05) is 12.1 Å². The summed E-state index contributed by atoms with van der Waals surface area (Å²) in [6.07, 6.45) is 2.14. The number of nitrogens with one attached hydrogen (secondary N) is 1. The molecule has 0 saturated heterocycles. The minimum absolute atomic E-state index is 0.115. The van der Waals surface area contributed by atoms with Crippen LogP contribution in [0.25, 0.3) is 22.5 Å². The normalized spacial score (nSPS) is 14.8. The minimum Gasteiger partial charge on any atom is -0.508 e. The van der Waals surface area contributed by atoms with Crippen LogP contribution in [0.1, 0.15) is 10.4 Å². The SMILES string of the molecule is O=C1C(Cc2ccc(O)cc2)Nc2c(-c3ccc(O)cc3)nc(-c3ccc(O)cc3)c[n+]21. The van der Waals surface area contributed by atoms with Crippen LogP contribution in [0.2, 0.25) is 0 Å². The summed E-state index contributed by atoms with van der Waals surface area (Å²) in [6.45, 7) is 0. The van der Waals surface area contributed by atoms with E-state index in [1.165, 1.54) is 0 Å². The first-order chi connectivity index (χ1) is 15.5. The summed E-state index contributed by atoms with van der Waals surface area (Å²) in [6, 6.07) is 19.6. The van der Waals surface area contributed by atoms with Crippen LogP contribution in [-0.4, -0.2) is 32.3 Å². The van der Waals surface area contributed by atoms with Crippen molar-refractivity contribution in [3.8, 4) is 39.8 Å². The van der Waals surface area contributed by atoms with Crippen LogP contribution >= 0.6 is 0 Å². The van der Waals surface area contributed by atoms with E-state index in [-0.39, 0.29) is 23.2 Å². The number of carbonyl (C=O) groups is 1. The number of anilines is 1. The van der Waals surface area contributed by atoms with Gasteiger partial charge in [-0.25, -0.2) is 9.78 Å². The number of hydrogen-bond donors (Lipinski definition) is 4. The van der Waals surface area contributed by atoms with E-state index in [0.29, 0.717) is 23.6 Å².